The summed E-state index contributed by atoms with van der Waals surface area (Å²) in [6.07, 6.45) is 0.288. The molecule has 0 heterocycles. The number of hydrogen-bond donors (Lipinski definition) is 1. The lowest BCUT2D eigenvalue weighted by Gasteiger charge is -2.34. The highest BCUT2D eigenvalue weighted by Gasteiger charge is 2.34. The number of nitrogens with one attached hydrogen (secondary N) is 1. The summed E-state index contributed by atoms with van der Waals surface area (Å²) < 4.78 is 29.1. The Balaban J connectivity index is 2.13. The third-order valence-corrected chi connectivity index (χ3v) is 9.10. The van der Waals surface area contributed by atoms with E-state index < -0.39 is 28.5 Å². The quantitative estimate of drug-likeness (QED) is 0.251. The molecule has 0 aliphatic heterocycles. The molecular weight excluding hydrogens is 605 g/mol. The average Bonchev–Trinajstić information content (AvgIpc) is 2.89. The first-order valence-corrected chi connectivity index (χ1v) is 15.7. The van der Waals surface area contributed by atoms with Gasteiger partial charge in [-0.2, -0.15) is 0 Å². The number of rotatable bonds is 11. The van der Waals surface area contributed by atoms with Crippen molar-refractivity contribution in [1.82, 2.24) is 10.2 Å². The summed E-state index contributed by atoms with van der Waals surface area (Å²) in [4.78, 5) is 28.8. The van der Waals surface area contributed by atoms with Crippen LogP contribution in [0.1, 0.15) is 43.9 Å². The molecular formula is C30H34Cl3N3O4S. The number of anilines is 1. The highest BCUT2D eigenvalue weighted by molar-refractivity contribution is 7.92. The lowest BCUT2D eigenvalue weighted by molar-refractivity contribution is -0.140. The van der Waals surface area contributed by atoms with Crippen molar-refractivity contribution in [3.63, 3.8) is 0 Å². The molecule has 0 saturated heterocycles. The second-order valence-corrected chi connectivity index (χ2v) is 13.2. The minimum absolute atomic E-state index is 0.0205. The second-order valence-electron chi connectivity index (χ2n) is 10.1. The lowest BCUT2D eigenvalue weighted by Crippen LogP contribution is -2.53. The van der Waals surface area contributed by atoms with E-state index in [-0.39, 0.29) is 35.5 Å². The zero-order valence-electron chi connectivity index (χ0n) is 23.6. The molecule has 0 bridgehead atoms. The Morgan fingerprint density at radius 1 is 0.902 bits per heavy atom. The Morgan fingerprint density at radius 3 is 2.10 bits per heavy atom. The number of nitrogens with zero attached hydrogens (tertiary/aromatic N) is 2. The summed E-state index contributed by atoms with van der Waals surface area (Å²) in [6.45, 7) is 8.42. The van der Waals surface area contributed by atoms with Gasteiger partial charge in [0.15, 0.2) is 0 Å². The smallest absolute Gasteiger partial charge is 0.264 e. The third kappa shape index (κ3) is 8.16. The fourth-order valence-corrected chi connectivity index (χ4v) is 6.44. The van der Waals surface area contributed by atoms with Crippen molar-refractivity contribution < 1.29 is 18.0 Å². The number of halogens is 3. The maximum atomic E-state index is 14.2. The van der Waals surface area contributed by atoms with Gasteiger partial charge in [-0.05, 0) is 81.6 Å². The maximum Gasteiger partial charge on any atom is 0.264 e. The number of sulfonamides is 1. The van der Waals surface area contributed by atoms with Crippen LogP contribution in [-0.2, 0) is 26.2 Å². The van der Waals surface area contributed by atoms with Crippen LogP contribution in [0.2, 0.25) is 15.1 Å². The Bertz CT molecular complexity index is 1510. The van der Waals surface area contributed by atoms with Crippen LogP contribution in [0.3, 0.4) is 0 Å². The van der Waals surface area contributed by atoms with E-state index in [4.69, 9.17) is 34.8 Å². The van der Waals surface area contributed by atoms with Gasteiger partial charge < -0.3 is 10.2 Å². The average molecular weight is 639 g/mol. The van der Waals surface area contributed by atoms with Crippen LogP contribution < -0.4 is 9.62 Å². The molecule has 0 aliphatic rings. The van der Waals surface area contributed by atoms with Crippen molar-refractivity contribution in [2.75, 3.05) is 10.8 Å². The van der Waals surface area contributed by atoms with Gasteiger partial charge >= 0.3 is 0 Å². The molecule has 0 aromatic heterocycles. The molecule has 3 rings (SSSR count). The highest BCUT2D eigenvalue weighted by atomic mass is 35.5. The van der Waals surface area contributed by atoms with E-state index in [9.17, 15) is 18.0 Å². The number of carbonyl (C=O) groups is 2. The number of hydrogen-bond acceptors (Lipinski definition) is 4. The van der Waals surface area contributed by atoms with Gasteiger partial charge in [0.1, 0.15) is 12.6 Å². The fraction of sp³-hybridized carbons (Fsp3) is 0.333. The predicted molar refractivity (Wildman–Crippen MR) is 166 cm³/mol. The minimum atomic E-state index is -4.21. The van der Waals surface area contributed by atoms with E-state index in [1.807, 2.05) is 20.8 Å². The molecule has 0 spiro atoms. The molecule has 0 radical (unpaired) electrons. The molecule has 7 nitrogen and oxygen atoms in total. The summed E-state index contributed by atoms with van der Waals surface area (Å²) in [6, 6.07) is 15.1. The molecule has 2 amide bonds. The number of benzene rings is 3. The lowest BCUT2D eigenvalue weighted by atomic mass is 10.1. The van der Waals surface area contributed by atoms with Gasteiger partial charge in [0.25, 0.3) is 10.0 Å². The van der Waals surface area contributed by atoms with Crippen LogP contribution >= 0.6 is 34.8 Å². The van der Waals surface area contributed by atoms with Gasteiger partial charge in [0.05, 0.1) is 10.6 Å². The Labute approximate surface area is 257 Å². The third-order valence-electron chi connectivity index (χ3n) is 6.50. The van der Waals surface area contributed by atoms with Gasteiger partial charge in [-0.1, -0.05) is 71.6 Å². The Morgan fingerprint density at radius 2 is 1.51 bits per heavy atom. The van der Waals surface area contributed by atoms with Crippen molar-refractivity contribution in [2.24, 2.45) is 0 Å². The summed E-state index contributed by atoms with van der Waals surface area (Å²) in [5.41, 5.74) is 2.32. The fourth-order valence-electron chi connectivity index (χ4n) is 4.34. The van der Waals surface area contributed by atoms with Crippen LogP contribution in [0.4, 0.5) is 5.69 Å². The van der Waals surface area contributed by atoms with Gasteiger partial charge in [0.2, 0.25) is 11.8 Å². The SMILES string of the molecule is CCC(C(=O)NC(C)C)N(Cc1ccc(Cl)cc1Cl)C(=O)CN(c1cc(Cl)ccc1C)S(=O)(=O)c1ccc(C)cc1. The largest absolute Gasteiger partial charge is 0.352 e. The molecule has 41 heavy (non-hydrogen) atoms. The Hall–Kier alpha value is -2.78. The first-order valence-electron chi connectivity index (χ1n) is 13.1. The van der Waals surface area contributed by atoms with Gasteiger partial charge in [0, 0.05) is 27.7 Å². The Kier molecular flexibility index (Phi) is 11.1. The van der Waals surface area contributed by atoms with Crippen LogP contribution in [0, 0.1) is 13.8 Å². The van der Waals surface area contributed by atoms with E-state index in [0.717, 1.165) is 9.87 Å². The van der Waals surface area contributed by atoms with Crippen molar-refractivity contribution in [1.29, 1.82) is 0 Å². The van der Waals surface area contributed by atoms with E-state index >= 15 is 0 Å². The van der Waals surface area contributed by atoms with E-state index in [2.05, 4.69) is 5.32 Å². The zero-order chi connectivity index (χ0) is 30.5. The van der Waals surface area contributed by atoms with E-state index in [1.165, 1.54) is 23.1 Å². The van der Waals surface area contributed by atoms with Crippen molar-refractivity contribution in [3.8, 4) is 0 Å². The van der Waals surface area contributed by atoms with Crippen molar-refractivity contribution in [3.05, 3.63) is 92.4 Å². The molecule has 220 valence electrons. The van der Waals surface area contributed by atoms with Gasteiger partial charge in [-0.25, -0.2) is 8.42 Å². The molecule has 3 aromatic rings. The number of aryl methyl sites for hydroxylation is 2. The normalized spacial score (nSPS) is 12.2. The number of amides is 2. The highest BCUT2D eigenvalue weighted by Crippen LogP contribution is 2.31. The van der Waals surface area contributed by atoms with Gasteiger partial charge in [-0.15, -0.1) is 0 Å². The van der Waals surface area contributed by atoms with Gasteiger partial charge in [-0.3, -0.25) is 13.9 Å². The summed E-state index contributed by atoms with van der Waals surface area (Å²) in [5.74, 6) is -0.940. The van der Waals surface area contributed by atoms with Crippen molar-refractivity contribution >= 4 is 62.3 Å². The summed E-state index contributed by atoms with van der Waals surface area (Å²) in [7, 11) is -4.21. The van der Waals surface area contributed by atoms with Crippen LogP contribution in [0.15, 0.2) is 65.6 Å². The summed E-state index contributed by atoms with van der Waals surface area (Å²) in [5, 5.41) is 3.93. The predicted octanol–water partition coefficient (Wildman–Crippen LogP) is 6.79. The van der Waals surface area contributed by atoms with Crippen LogP contribution in [0.25, 0.3) is 0 Å². The second kappa shape index (κ2) is 13.9. The molecule has 0 fully saturated rings. The molecule has 3 aromatic carbocycles. The zero-order valence-corrected chi connectivity index (χ0v) is 26.7. The standard InChI is InChI=1S/C30H34Cl3N3O4S/c1-6-27(30(38)34-19(2)3)35(17-22-10-12-23(31)15-26(22)33)29(37)18-36(28-16-24(32)11-9-21(28)5)41(39,40)25-13-7-20(4)8-14-25/h7-16,19,27H,6,17-18H2,1-5H3,(H,34,38). The van der Waals surface area contributed by atoms with Crippen LogP contribution in [-0.4, -0.2) is 43.8 Å². The number of carbonyl (C=O) groups excluding carboxylic acids is 2. The minimum Gasteiger partial charge on any atom is -0.352 e. The molecule has 1 N–H and O–H groups in total. The monoisotopic (exact) mass is 637 g/mol. The molecule has 1 unspecified atom stereocenters. The maximum absolute atomic E-state index is 14.2. The molecule has 0 saturated carbocycles. The molecule has 1 atom stereocenters. The van der Waals surface area contributed by atoms with E-state index in [1.54, 1.807) is 56.3 Å². The van der Waals surface area contributed by atoms with Crippen LogP contribution in [0.5, 0.6) is 0 Å². The summed E-state index contributed by atoms with van der Waals surface area (Å²) >= 11 is 18.8. The molecule has 0 aliphatic carbocycles. The molecule has 11 heteroatoms. The van der Waals surface area contributed by atoms with Crippen molar-refractivity contribution in [2.45, 2.75) is 64.6 Å². The first-order chi connectivity index (χ1) is 19.2. The topological polar surface area (TPSA) is 86.8 Å². The first kappa shape index (κ1) is 32.7. The van der Waals surface area contributed by atoms with E-state index in [0.29, 0.717) is 26.2 Å².